The van der Waals surface area contributed by atoms with Crippen LogP contribution in [-0.2, 0) is 40.9 Å². The van der Waals surface area contributed by atoms with Gasteiger partial charge in [-0.1, -0.05) is 37.9 Å². The lowest BCUT2D eigenvalue weighted by atomic mass is 9.98. The first-order valence-corrected chi connectivity index (χ1v) is 17.6. The third-order valence-corrected chi connectivity index (χ3v) is 8.84. The number of carbonyl (C=O) groups excluding carboxylic acids is 4. The topological polar surface area (TPSA) is 157 Å². The Kier molecular flexibility index (Phi) is 15.9. The van der Waals surface area contributed by atoms with E-state index in [1.807, 2.05) is 0 Å². The Morgan fingerprint density at radius 1 is 1.08 bits per heavy atom. The maximum Gasteiger partial charge on any atom is 0.344 e. The number of ether oxygens (including phenoxy) is 3. The van der Waals surface area contributed by atoms with Crippen molar-refractivity contribution in [3.63, 3.8) is 0 Å². The van der Waals surface area contributed by atoms with Gasteiger partial charge in [-0.3, -0.25) is 14.4 Å². The molecule has 2 aromatic carbocycles. The molecule has 0 saturated heterocycles. The van der Waals surface area contributed by atoms with Crippen molar-refractivity contribution in [2.75, 3.05) is 19.0 Å². The largest absolute Gasteiger partial charge is 0.494 e. The van der Waals surface area contributed by atoms with Gasteiger partial charge in [0.15, 0.2) is 12.4 Å². The van der Waals surface area contributed by atoms with E-state index in [9.17, 15) is 33.5 Å². The summed E-state index contributed by atoms with van der Waals surface area (Å²) in [6.07, 6.45) is 5.10. The first-order chi connectivity index (χ1) is 23.4. The van der Waals surface area contributed by atoms with E-state index < -0.39 is 53.0 Å². The quantitative estimate of drug-likeness (QED) is 0.135. The molecule has 0 aromatic heterocycles. The third-order valence-electron chi connectivity index (χ3n) is 7.52. The fraction of sp³-hybridized carbons (Fsp3) is 0.457. The molecule has 1 aliphatic rings. The minimum absolute atomic E-state index is 0.0384. The second-order valence-electron chi connectivity index (χ2n) is 11.7. The number of nitrogens with one attached hydrogen (secondary N) is 2. The highest BCUT2D eigenvalue weighted by molar-refractivity contribution is 7.99. The monoisotopic (exact) mass is 720 g/mol. The minimum atomic E-state index is -1.47. The summed E-state index contributed by atoms with van der Waals surface area (Å²) >= 11 is 7.03. The summed E-state index contributed by atoms with van der Waals surface area (Å²) in [6, 6.07) is 7.85. The Morgan fingerprint density at radius 3 is 2.47 bits per heavy atom. The lowest BCUT2D eigenvalue weighted by Crippen LogP contribution is -2.50. The zero-order valence-corrected chi connectivity index (χ0v) is 29.3. The van der Waals surface area contributed by atoms with Gasteiger partial charge in [0.2, 0.25) is 11.8 Å². The fourth-order valence-electron chi connectivity index (χ4n) is 5.07. The Bertz CT molecular complexity index is 1510. The predicted octanol–water partition coefficient (Wildman–Crippen LogP) is 5.40. The van der Waals surface area contributed by atoms with Gasteiger partial charge in [-0.2, -0.15) is 0 Å². The van der Waals surface area contributed by atoms with Crippen LogP contribution in [0.3, 0.4) is 0 Å². The fourth-order valence-corrected chi connectivity index (χ4v) is 6.32. The van der Waals surface area contributed by atoms with E-state index in [4.69, 9.17) is 25.8 Å². The highest BCUT2D eigenvalue weighted by Crippen LogP contribution is 2.27. The van der Waals surface area contributed by atoms with Gasteiger partial charge in [-0.25, -0.2) is 14.0 Å². The average Bonchev–Trinajstić information content (AvgIpc) is 3.04. The molecule has 0 unspecified atom stereocenters. The van der Waals surface area contributed by atoms with Crippen LogP contribution >= 0.6 is 23.4 Å². The third kappa shape index (κ3) is 13.0. The number of carboxylic acid groups (broad SMARTS) is 1. The molecule has 0 spiro atoms. The molecule has 1 fully saturated rings. The summed E-state index contributed by atoms with van der Waals surface area (Å²) in [5.74, 6) is -4.54. The van der Waals surface area contributed by atoms with Gasteiger partial charge < -0.3 is 30.0 Å². The van der Waals surface area contributed by atoms with Crippen LogP contribution in [0.4, 0.5) is 4.39 Å². The Hall–Kier alpha value is -4.10. The molecule has 1 saturated carbocycles. The molecule has 3 N–H and O–H groups in total. The number of rotatable bonds is 18. The number of benzene rings is 2. The second kappa shape index (κ2) is 19.8. The first kappa shape index (κ1) is 39.3. The van der Waals surface area contributed by atoms with Crippen LogP contribution in [0.25, 0.3) is 0 Å². The summed E-state index contributed by atoms with van der Waals surface area (Å²) in [7, 11) is 0. The molecule has 11 nitrogen and oxygen atoms in total. The van der Waals surface area contributed by atoms with Gasteiger partial charge in [-0.05, 0) is 68.9 Å². The highest BCUT2D eigenvalue weighted by atomic mass is 35.5. The summed E-state index contributed by atoms with van der Waals surface area (Å²) in [6.45, 7) is 5.15. The summed E-state index contributed by atoms with van der Waals surface area (Å²) in [5, 5.41) is 14.5. The molecule has 1 atom stereocenters. The van der Waals surface area contributed by atoms with Crippen LogP contribution in [0, 0.1) is 11.7 Å². The van der Waals surface area contributed by atoms with Crippen molar-refractivity contribution in [3.05, 3.63) is 70.1 Å². The van der Waals surface area contributed by atoms with Crippen LogP contribution < -0.4 is 20.1 Å². The van der Waals surface area contributed by atoms with Crippen LogP contribution in [0.2, 0.25) is 5.02 Å². The molecule has 3 rings (SSSR count). The Morgan fingerprint density at radius 2 is 1.82 bits per heavy atom. The van der Waals surface area contributed by atoms with Crippen molar-refractivity contribution in [3.8, 4) is 11.5 Å². The van der Waals surface area contributed by atoms with Crippen LogP contribution in [-0.4, -0.2) is 65.8 Å². The Labute approximate surface area is 294 Å². The molecule has 1 aliphatic carbocycles. The average molecular weight is 721 g/mol. The molecule has 0 heterocycles. The molecular formula is C35H42ClFN2O9S. The molecule has 14 heteroatoms. The lowest BCUT2D eigenvalue weighted by molar-refractivity contribution is -0.153. The maximum absolute atomic E-state index is 14.1. The number of esters is 1. The number of amides is 2. The molecule has 0 bridgehead atoms. The number of thioether (sulfide) groups is 1. The number of Topliss-reactive ketones (excluding diaryl/α,β-unsaturated/α-hetero) is 1. The maximum atomic E-state index is 14.1. The van der Waals surface area contributed by atoms with Gasteiger partial charge in [0.25, 0.3) is 0 Å². The Balaban J connectivity index is 1.64. The summed E-state index contributed by atoms with van der Waals surface area (Å²) in [5.41, 5.74) is 0.142. The molecule has 49 heavy (non-hydrogen) atoms. The molecule has 2 aromatic rings. The van der Waals surface area contributed by atoms with Crippen molar-refractivity contribution in [2.45, 2.75) is 77.2 Å². The number of aliphatic carboxylic acids is 1. The van der Waals surface area contributed by atoms with E-state index in [1.54, 1.807) is 39.0 Å². The van der Waals surface area contributed by atoms with Crippen molar-refractivity contribution in [2.24, 2.45) is 5.92 Å². The number of hydrogen-bond acceptors (Lipinski definition) is 9. The van der Waals surface area contributed by atoms with E-state index in [0.29, 0.717) is 29.7 Å². The van der Waals surface area contributed by atoms with Gasteiger partial charge in [-0.15, -0.1) is 11.8 Å². The van der Waals surface area contributed by atoms with Gasteiger partial charge >= 0.3 is 11.9 Å². The van der Waals surface area contributed by atoms with Crippen LogP contribution in [0.1, 0.15) is 64.0 Å². The zero-order valence-electron chi connectivity index (χ0n) is 27.7. The standard InChI is InChI=1S/C35H42ClFN2O9S/c1-4-46-30-14-13-24(47-18-33(44)48-23-9-6-5-7-10-23)15-22(30)16-31(41)39-34(21(2)3)35(45)38-28(17-32(42)43)29(40)20-49-19-25-26(36)11-8-12-27(25)37/h8,11-15,17,21,23,34H,4-7,9-10,16,18-20H2,1-3H3,(H,38,45)(H,39,41)(H,42,43)/t34-/m0/s1. The van der Waals surface area contributed by atoms with E-state index >= 15 is 0 Å². The highest BCUT2D eigenvalue weighted by Gasteiger charge is 2.27. The normalized spacial score (nSPS) is 14.1. The van der Waals surface area contributed by atoms with Crippen molar-refractivity contribution in [1.82, 2.24) is 10.6 Å². The van der Waals surface area contributed by atoms with Crippen molar-refractivity contribution < 1.29 is 47.7 Å². The molecule has 2 amide bonds. The number of allylic oxidation sites excluding steroid dienone is 1. The second-order valence-corrected chi connectivity index (χ2v) is 13.1. The van der Waals surface area contributed by atoms with Crippen LogP contribution in [0.15, 0.2) is 48.2 Å². The van der Waals surface area contributed by atoms with Crippen molar-refractivity contribution in [1.29, 1.82) is 0 Å². The van der Waals surface area contributed by atoms with E-state index in [1.165, 1.54) is 18.2 Å². The number of hydrogen-bond donors (Lipinski definition) is 3. The minimum Gasteiger partial charge on any atom is -0.494 e. The van der Waals surface area contributed by atoms with Crippen LogP contribution in [0.5, 0.6) is 11.5 Å². The molecule has 266 valence electrons. The smallest absolute Gasteiger partial charge is 0.344 e. The van der Waals surface area contributed by atoms with Gasteiger partial charge in [0, 0.05) is 21.9 Å². The van der Waals surface area contributed by atoms with E-state index in [2.05, 4.69) is 10.6 Å². The number of ketones is 1. The molecule has 0 radical (unpaired) electrons. The van der Waals surface area contributed by atoms with Crippen molar-refractivity contribution >= 4 is 52.9 Å². The van der Waals surface area contributed by atoms with Gasteiger partial charge in [0.1, 0.15) is 29.5 Å². The summed E-state index contributed by atoms with van der Waals surface area (Å²) in [4.78, 5) is 63.3. The number of carbonyl (C=O) groups is 5. The molecular weight excluding hydrogens is 679 g/mol. The predicted molar refractivity (Wildman–Crippen MR) is 183 cm³/mol. The SMILES string of the molecule is CCOc1ccc(OCC(=O)OC2CCCCC2)cc1CC(=O)N[C@H](C(=O)NC(=CC(=O)O)C(=O)CSCc1c(F)cccc1Cl)C(C)C. The van der Waals surface area contributed by atoms with E-state index in [-0.39, 0.29) is 41.2 Å². The number of halogens is 2. The molecule has 0 aliphatic heterocycles. The lowest BCUT2D eigenvalue weighted by Gasteiger charge is -2.23. The van der Waals surface area contributed by atoms with E-state index in [0.717, 1.165) is 43.9 Å². The zero-order chi connectivity index (χ0) is 35.9. The first-order valence-electron chi connectivity index (χ1n) is 16.0. The summed E-state index contributed by atoms with van der Waals surface area (Å²) < 4.78 is 30.9. The number of carboxylic acids is 1. The van der Waals surface area contributed by atoms with Gasteiger partial charge in [0.05, 0.1) is 30.6 Å².